The summed E-state index contributed by atoms with van der Waals surface area (Å²) in [4.78, 5) is 16.5. The van der Waals surface area contributed by atoms with Gasteiger partial charge in [-0.3, -0.25) is 5.32 Å². The van der Waals surface area contributed by atoms with Gasteiger partial charge in [-0.25, -0.2) is 9.78 Å². The Morgan fingerprint density at radius 3 is 2.55 bits per heavy atom. The van der Waals surface area contributed by atoms with E-state index >= 15 is 0 Å². The summed E-state index contributed by atoms with van der Waals surface area (Å²) in [6, 6.07) is 8.89. The quantitative estimate of drug-likeness (QED) is 0.569. The highest BCUT2D eigenvalue weighted by molar-refractivity contribution is 7.14. The van der Waals surface area contributed by atoms with Gasteiger partial charge < -0.3 is 14.8 Å². The minimum absolute atomic E-state index is 0.0172. The van der Waals surface area contributed by atoms with E-state index in [1.54, 1.807) is 23.6 Å². The fourth-order valence-corrected chi connectivity index (χ4v) is 3.21. The molecular formula is C19H16F3N3O3S. The van der Waals surface area contributed by atoms with Crippen LogP contribution in [0.3, 0.4) is 0 Å². The third kappa shape index (κ3) is 4.96. The summed E-state index contributed by atoms with van der Waals surface area (Å²) in [5.74, 6) is 1.20. The molecule has 1 heterocycles. The SMILES string of the molecule is COc1ccc(OC)c(-c2csc(NC(=O)Nc3cccc(C(F)(F)F)c3)n2)c1. The number of carbonyl (C=O) groups excluding carboxylic acids is 1. The monoisotopic (exact) mass is 423 g/mol. The number of nitrogens with zero attached hydrogens (tertiary/aromatic N) is 1. The molecule has 0 saturated heterocycles. The number of halogens is 3. The van der Waals surface area contributed by atoms with Gasteiger partial charge in [0.2, 0.25) is 0 Å². The lowest BCUT2D eigenvalue weighted by molar-refractivity contribution is -0.137. The Bertz CT molecular complexity index is 1020. The smallest absolute Gasteiger partial charge is 0.416 e. The number of nitrogens with one attached hydrogen (secondary N) is 2. The average molecular weight is 423 g/mol. The first kappa shape index (κ1) is 20.5. The van der Waals surface area contributed by atoms with Crippen LogP contribution in [0.5, 0.6) is 11.5 Å². The van der Waals surface area contributed by atoms with E-state index in [9.17, 15) is 18.0 Å². The first-order valence-electron chi connectivity index (χ1n) is 8.23. The van der Waals surface area contributed by atoms with Gasteiger partial charge in [0.25, 0.3) is 0 Å². The Balaban J connectivity index is 1.73. The molecule has 0 radical (unpaired) electrons. The Kier molecular flexibility index (Phi) is 5.92. The molecule has 1 aromatic heterocycles. The number of urea groups is 1. The van der Waals surface area contributed by atoms with Crippen LogP contribution < -0.4 is 20.1 Å². The maximum absolute atomic E-state index is 12.8. The molecule has 3 rings (SSSR count). The summed E-state index contributed by atoms with van der Waals surface area (Å²) in [6.07, 6.45) is -4.49. The number of hydrogen-bond donors (Lipinski definition) is 2. The molecule has 0 saturated carbocycles. The summed E-state index contributed by atoms with van der Waals surface area (Å²) in [7, 11) is 3.07. The van der Waals surface area contributed by atoms with Crippen molar-refractivity contribution in [2.45, 2.75) is 6.18 Å². The molecule has 6 nitrogen and oxygen atoms in total. The van der Waals surface area contributed by atoms with Crippen molar-refractivity contribution in [1.82, 2.24) is 4.98 Å². The van der Waals surface area contributed by atoms with E-state index in [1.807, 2.05) is 0 Å². The van der Waals surface area contributed by atoms with E-state index in [0.29, 0.717) is 22.8 Å². The summed E-state index contributed by atoms with van der Waals surface area (Å²) < 4.78 is 48.9. The van der Waals surface area contributed by atoms with Crippen molar-refractivity contribution in [1.29, 1.82) is 0 Å². The lowest BCUT2D eigenvalue weighted by Crippen LogP contribution is -2.19. The topological polar surface area (TPSA) is 72.5 Å². The molecule has 0 aliphatic heterocycles. The summed E-state index contributed by atoms with van der Waals surface area (Å²) in [6.45, 7) is 0. The number of amides is 2. The predicted molar refractivity (Wildman–Crippen MR) is 105 cm³/mol. The normalized spacial score (nSPS) is 11.1. The van der Waals surface area contributed by atoms with Gasteiger partial charge in [0.05, 0.1) is 25.5 Å². The number of ether oxygens (including phenoxy) is 2. The van der Waals surface area contributed by atoms with E-state index in [4.69, 9.17) is 9.47 Å². The van der Waals surface area contributed by atoms with Crippen molar-refractivity contribution >= 4 is 28.2 Å². The van der Waals surface area contributed by atoms with Gasteiger partial charge in [0, 0.05) is 16.6 Å². The molecule has 0 spiro atoms. The van der Waals surface area contributed by atoms with E-state index in [0.717, 1.165) is 23.5 Å². The summed E-state index contributed by atoms with van der Waals surface area (Å²) in [5, 5.41) is 6.87. The predicted octanol–water partition coefficient (Wildman–Crippen LogP) is 5.49. The van der Waals surface area contributed by atoms with E-state index in [-0.39, 0.29) is 10.8 Å². The number of alkyl halides is 3. The molecule has 0 aliphatic rings. The first-order valence-corrected chi connectivity index (χ1v) is 9.11. The van der Waals surface area contributed by atoms with Crippen LogP contribution in [-0.2, 0) is 6.18 Å². The van der Waals surface area contributed by atoms with Gasteiger partial charge in [-0.2, -0.15) is 13.2 Å². The average Bonchev–Trinajstić information content (AvgIpc) is 3.15. The molecule has 0 aliphatic carbocycles. The van der Waals surface area contributed by atoms with Crippen molar-refractivity contribution in [2.75, 3.05) is 24.9 Å². The van der Waals surface area contributed by atoms with Crippen molar-refractivity contribution in [3.63, 3.8) is 0 Å². The molecule has 2 amide bonds. The highest BCUT2D eigenvalue weighted by Crippen LogP contribution is 2.35. The van der Waals surface area contributed by atoms with Gasteiger partial charge >= 0.3 is 12.2 Å². The number of carbonyl (C=O) groups is 1. The van der Waals surface area contributed by atoms with Crippen molar-refractivity contribution in [3.8, 4) is 22.8 Å². The van der Waals surface area contributed by atoms with Crippen LogP contribution in [0, 0.1) is 0 Å². The number of anilines is 2. The lowest BCUT2D eigenvalue weighted by atomic mass is 10.1. The molecule has 2 aromatic carbocycles. The van der Waals surface area contributed by atoms with Crippen LogP contribution >= 0.6 is 11.3 Å². The van der Waals surface area contributed by atoms with Crippen molar-refractivity contribution in [2.24, 2.45) is 0 Å². The number of hydrogen-bond acceptors (Lipinski definition) is 5. The third-order valence-electron chi connectivity index (χ3n) is 3.86. The second-order valence-corrected chi connectivity index (χ2v) is 6.62. The second-order valence-electron chi connectivity index (χ2n) is 5.76. The molecule has 0 atom stereocenters. The van der Waals surface area contributed by atoms with Crippen LogP contribution in [0.2, 0.25) is 0 Å². The molecule has 2 N–H and O–H groups in total. The fourth-order valence-electron chi connectivity index (χ4n) is 2.50. The van der Waals surface area contributed by atoms with Gasteiger partial charge in [0.1, 0.15) is 11.5 Å². The first-order chi connectivity index (χ1) is 13.8. The Morgan fingerprint density at radius 1 is 1.07 bits per heavy atom. The minimum Gasteiger partial charge on any atom is -0.497 e. The Labute approximate surface area is 168 Å². The molecule has 29 heavy (non-hydrogen) atoms. The molecule has 3 aromatic rings. The Hall–Kier alpha value is -3.27. The van der Waals surface area contributed by atoms with Crippen LogP contribution in [0.4, 0.5) is 28.8 Å². The largest absolute Gasteiger partial charge is 0.497 e. The van der Waals surface area contributed by atoms with Crippen molar-refractivity contribution < 1.29 is 27.4 Å². The number of benzene rings is 2. The minimum atomic E-state index is -4.49. The number of methoxy groups -OCH3 is 2. The third-order valence-corrected chi connectivity index (χ3v) is 4.61. The number of aromatic nitrogens is 1. The standard InChI is InChI=1S/C19H16F3N3O3S/c1-27-13-6-7-16(28-2)14(9-13)15-10-29-18(24-15)25-17(26)23-12-5-3-4-11(8-12)19(20,21)22/h3-10H,1-2H3,(H2,23,24,25,26). The van der Waals surface area contributed by atoms with Gasteiger partial charge in [-0.05, 0) is 36.4 Å². The number of rotatable bonds is 5. The van der Waals surface area contributed by atoms with Crippen LogP contribution in [-0.4, -0.2) is 25.2 Å². The van der Waals surface area contributed by atoms with Crippen molar-refractivity contribution in [3.05, 3.63) is 53.4 Å². The van der Waals surface area contributed by atoms with Gasteiger partial charge in [-0.15, -0.1) is 11.3 Å². The van der Waals surface area contributed by atoms with E-state index < -0.39 is 17.8 Å². The zero-order valence-corrected chi connectivity index (χ0v) is 16.1. The van der Waals surface area contributed by atoms with E-state index in [2.05, 4.69) is 15.6 Å². The van der Waals surface area contributed by atoms with E-state index in [1.165, 1.54) is 26.4 Å². The Morgan fingerprint density at radius 2 is 1.86 bits per heavy atom. The van der Waals surface area contributed by atoms with Gasteiger partial charge in [-0.1, -0.05) is 6.07 Å². The second kappa shape index (κ2) is 8.39. The maximum atomic E-state index is 12.8. The van der Waals surface area contributed by atoms with Gasteiger partial charge in [0.15, 0.2) is 5.13 Å². The maximum Gasteiger partial charge on any atom is 0.416 e. The number of thiazole rings is 1. The fraction of sp³-hybridized carbons (Fsp3) is 0.158. The molecule has 0 bridgehead atoms. The summed E-state index contributed by atoms with van der Waals surface area (Å²) in [5.41, 5.74) is 0.398. The lowest BCUT2D eigenvalue weighted by Gasteiger charge is -2.10. The highest BCUT2D eigenvalue weighted by atomic mass is 32.1. The highest BCUT2D eigenvalue weighted by Gasteiger charge is 2.30. The molecule has 10 heteroatoms. The van der Waals surface area contributed by atoms with Crippen LogP contribution in [0.15, 0.2) is 47.8 Å². The molecule has 0 unspecified atom stereocenters. The molecule has 152 valence electrons. The zero-order chi connectivity index (χ0) is 21.0. The molecular weight excluding hydrogens is 407 g/mol. The van der Waals surface area contributed by atoms with Crippen LogP contribution in [0.1, 0.15) is 5.56 Å². The zero-order valence-electron chi connectivity index (χ0n) is 15.3. The summed E-state index contributed by atoms with van der Waals surface area (Å²) >= 11 is 1.16. The van der Waals surface area contributed by atoms with Crippen LogP contribution in [0.25, 0.3) is 11.3 Å². The molecule has 0 fully saturated rings.